The lowest BCUT2D eigenvalue weighted by atomic mass is 10.9. The fourth-order valence-corrected chi connectivity index (χ4v) is 1.33. The monoisotopic (exact) mass is 214 g/mol. The SMILES string of the molecule is Cl.Nc1cnc(Br)s1. The molecule has 1 aromatic heterocycles. The molecule has 8 heavy (non-hydrogen) atoms. The predicted molar refractivity (Wildman–Crippen MR) is 41.5 cm³/mol. The summed E-state index contributed by atoms with van der Waals surface area (Å²) in [5, 5.41) is 0.742. The minimum absolute atomic E-state index is 0. The number of halogens is 2. The Morgan fingerprint density at radius 2 is 2.38 bits per heavy atom. The number of nitrogens with zero attached hydrogens (tertiary/aromatic N) is 1. The van der Waals surface area contributed by atoms with Gasteiger partial charge >= 0.3 is 0 Å². The molecule has 0 aliphatic rings. The van der Waals surface area contributed by atoms with E-state index in [2.05, 4.69) is 20.9 Å². The zero-order valence-electron chi connectivity index (χ0n) is 3.80. The van der Waals surface area contributed by atoms with Gasteiger partial charge in [-0.1, -0.05) is 11.3 Å². The summed E-state index contributed by atoms with van der Waals surface area (Å²) in [6.45, 7) is 0. The van der Waals surface area contributed by atoms with Gasteiger partial charge in [0.1, 0.15) is 5.00 Å². The van der Waals surface area contributed by atoms with Gasteiger partial charge in [0.25, 0.3) is 0 Å². The Morgan fingerprint density at radius 3 is 2.50 bits per heavy atom. The van der Waals surface area contributed by atoms with Gasteiger partial charge in [-0.15, -0.1) is 12.4 Å². The quantitative estimate of drug-likeness (QED) is 0.718. The summed E-state index contributed by atoms with van der Waals surface area (Å²) in [6, 6.07) is 0. The summed E-state index contributed by atoms with van der Waals surface area (Å²) < 4.78 is 0.838. The molecule has 0 radical (unpaired) electrons. The van der Waals surface area contributed by atoms with Crippen molar-refractivity contribution in [2.75, 3.05) is 5.73 Å². The van der Waals surface area contributed by atoms with Crippen LogP contribution in [0.25, 0.3) is 0 Å². The van der Waals surface area contributed by atoms with Gasteiger partial charge < -0.3 is 5.73 Å². The van der Waals surface area contributed by atoms with Crippen LogP contribution in [0.2, 0.25) is 0 Å². The number of nitrogen functional groups attached to an aromatic ring is 1. The number of rotatable bonds is 0. The van der Waals surface area contributed by atoms with E-state index in [-0.39, 0.29) is 12.4 Å². The Kier molecular flexibility index (Phi) is 3.35. The smallest absolute Gasteiger partial charge is 0.161 e. The van der Waals surface area contributed by atoms with Crippen molar-refractivity contribution in [3.8, 4) is 0 Å². The van der Waals surface area contributed by atoms with Gasteiger partial charge in [0.2, 0.25) is 0 Å². The van der Waals surface area contributed by atoms with Crippen molar-refractivity contribution in [3.63, 3.8) is 0 Å². The second-order valence-corrected chi connectivity index (χ2v) is 3.35. The van der Waals surface area contributed by atoms with Gasteiger partial charge in [-0.25, -0.2) is 4.98 Å². The second-order valence-electron chi connectivity index (χ2n) is 1.02. The standard InChI is InChI=1S/C3H3BrN2S.ClH/c4-3-6-1-2(5)7-3;/h1H,5H2;1H. The molecule has 0 bridgehead atoms. The molecular weight excluding hydrogens is 211 g/mol. The molecule has 0 aliphatic heterocycles. The van der Waals surface area contributed by atoms with Crippen molar-refractivity contribution >= 4 is 44.7 Å². The molecule has 46 valence electrons. The van der Waals surface area contributed by atoms with Crippen LogP contribution in [0.1, 0.15) is 0 Å². The minimum atomic E-state index is 0. The highest BCUT2D eigenvalue weighted by molar-refractivity contribution is 9.11. The van der Waals surface area contributed by atoms with Crippen LogP contribution in [0.3, 0.4) is 0 Å². The van der Waals surface area contributed by atoms with Gasteiger partial charge in [0, 0.05) is 0 Å². The zero-order valence-corrected chi connectivity index (χ0v) is 7.02. The molecule has 1 aromatic rings. The average molecular weight is 216 g/mol. The average Bonchev–Trinajstić information content (AvgIpc) is 1.87. The van der Waals surface area contributed by atoms with E-state index in [0.29, 0.717) is 0 Å². The first-order chi connectivity index (χ1) is 3.29. The first kappa shape index (κ1) is 8.20. The van der Waals surface area contributed by atoms with Crippen LogP contribution in [0.5, 0.6) is 0 Å². The predicted octanol–water partition coefficient (Wildman–Crippen LogP) is 1.91. The number of hydrogen-bond donors (Lipinski definition) is 1. The number of anilines is 1. The maximum atomic E-state index is 5.30. The lowest BCUT2D eigenvalue weighted by molar-refractivity contribution is 1.38. The number of nitrogens with two attached hydrogens (primary N) is 1. The maximum Gasteiger partial charge on any atom is 0.161 e. The molecule has 0 saturated heterocycles. The third kappa shape index (κ3) is 1.98. The highest BCUT2D eigenvalue weighted by Crippen LogP contribution is 2.19. The fraction of sp³-hybridized carbons (Fsp3) is 0. The Balaban J connectivity index is 0.000000490. The molecular formula is C3H4BrClN2S. The van der Waals surface area contributed by atoms with E-state index in [4.69, 9.17) is 5.73 Å². The molecule has 0 amide bonds. The third-order valence-electron chi connectivity index (χ3n) is 0.495. The van der Waals surface area contributed by atoms with Gasteiger partial charge in [-0.3, -0.25) is 0 Å². The summed E-state index contributed by atoms with van der Waals surface area (Å²) >= 11 is 4.59. The molecule has 2 nitrogen and oxygen atoms in total. The van der Waals surface area contributed by atoms with E-state index in [0.717, 1.165) is 8.92 Å². The molecule has 1 heterocycles. The largest absolute Gasteiger partial charge is 0.389 e. The van der Waals surface area contributed by atoms with E-state index in [1.807, 2.05) is 0 Å². The zero-order chi connectivity index (χ0) is 5.28. The Hall–Kier alpha value is 0.200. The molecule has 0 spiro atoms. The fourth-order valence-electron chi connectivity index (χ4n) is 0.264. The normalized spacial score (nSPS) is 8.12. The van der Waals surface area contributed by atoms with Gasteiger partial charge in [-0.05, 0) is 15.9 Å². The molecule has 0 saturated carbocycles. The van der Waals surface area contributed by atoms with Crippen LogP contribution in [0.15, 0.2) is 10.1 Å². The molecule has 0 fully saturated rings. The van der Waals surface area contributed by atoms with Crippen LogP contribution in [-0.4, -0.2) is 4.98 Å². The topological polar surface area (TPSA) is 38.9 Å². The van der Waals surface area contributed by atoms with E-state index in [1.54, 1.807) is 6.20 Å². The Labute approximate surface area is 65.7 Å². The van der Waals surface area contributed by atoms with Gasteiger partial charge in [0.15, 0.2) is 3.92 Å². The molecule has 1 rings (SSSR count). The molecule has 0 atom stereocenters. The van der Waals surface area contributed by atoms with Crippen molar-refractivity contribution in [1.82, 2.24) is 4.98 Å². The van der Waals surface area contributed by atoms with Crippen molar-refractivity contribution in [1.29, 1.82) is 0 Å². The summed E-state index contributed by atoms with van der Waals surface area (Å²) in [5.41, 5.74) is 5.30. The van der Waals surface area contributed by atoms with Crippen LogP contribution in [0, 0.1) is 0 Å². The molecule has 0 aliphatic carbocycles. The van der Waals surface area contributed by atoms with Crippen molar-refractivity contribution in [2.24, 2.45) is 0 Å². The highest BCUT2D eigenvalue weighted by Gasteiger charge is 1.88. The number of aromatic nitrogens is 1. The van der Waals surface area contributed by atoms with Crippen molar-refractivity contribution < 1.29 is 0 Å². The molecule has 2 N–H and O–H groups in total. The van der Waals surface area contributed by atoms with E-state index in [1.165, 1.54) is 11.3 Å². The van der Waals surface area contributed by atoms with E-state index >= 15 is 0 Å². The van der Waals surface area contributed by atoms with Crippen LogP contribution >= 0.6 is 39.7 Å². The summed E-state index contributed by atoms with van der Waals surface area (Å²) in [4.78, 5) is 3.83. The minimum Gasteiger partial charge on any atom is -0.389 e. The summed E-state index contributed by atoms with van der Waals surface area (Å²) in [5.74, 6) is 0. The first-order valence-electron chi connectivity index (χ1n) is 1.66. The lowest BCUT2D eigenvalue weighted by Crippen LogP contribution is -1.73. The summed E-state index contributed by atoms with van der Waals surface area (Å²) in [7, 11) is 0. The number of hydrogen-bond acceptors (Lipinski definition) is 3. The van der Waals surface area contributed by atoms with E-state index < -0.39 is 0 Å². The van der Waals surface area contributed by atoms with E-state index in [9.17, 15) is 0 Å². The van der Waals surface area contributed by atoms with Crippen LogP contribution in [-0.2, 0) is 0 Å². The third-order valence-corrected chi connectivity index (χ3v) is 1.80. The van der Waals surface area contributed by atoms with Crippen molar-refractivity contribution in [2.45, 2.75) is 0 Å². The van der Waals surface area contributed by atoms with Gasteiger partial charge in [0.05, 0.1) is 6.20 Å². The summed E-state index contributed by atoms with van der Waals surface area (Å²) in [6.07, 6.45) is 1.62. The number of thiazole rings is 1. The van der Waals surface area contributed by atoms with Crippen molar-refractivity contribution in [3.05, 3.63) is 10.1 Å². The highest BCUT2D eigenvalue weighted by atomic mass is 79.9. The first-order valence-corrected chi connectivity index (χ1v) is 3.27. The van der Waals surface area contributed by atoms with Crippen LogP contribution < -0.4 is 5.73 Å². The Morgan fingerprint density at radius 1 is 1.75 bits per heavy atom. The lowest BCUT2D eigenvalue weighted by Gasteiger charge is -1.68. The Bertz CT molecular complexity index is 150. The maximum absolute atomic E-state index is 5.30. The molecule has 5 heteroatoms. The second kappa shape index (κ2) is 3.27. The van der Waals surface area contributed by atoms with Crippen LogP contribution in [0.4, 0.5) is 5.00 Å². The van der Waals surface area contributed by atoms with Gasteiger partial charge in [-0.2, -0.15) is 0 Å². The molecule has 0 unspecified atom stereocenters. The molecule has 0 aromatic carbocycles.